The summed E-state index contributed by atoms with van der Waals surface area (Å²) in [6, 6.07) is 6.18. The lowest BCUT2D eigenvalue weighted by Gasteiger charge is -2.08. The number of nitrogens with zero attached hydrogens (tertiary/aromatic N) is 1. The van der Waals surface area contributed by atoms with Crippen LogP contribution in [0.1, 0.15) is 0 Å². The molecule has 0 spiro atoms. The molecule has 88 valence electrons. The Balaban J connectivity index is 2.06. The van der Waals surface area contributed by atoms with Gasteiger partial charge in [0, 0.05) is 6.07 Å². The van der Waals surface area contributed by atoms with Gasteiger partial charge in [-0.2, -0.15) is 5.10 Å². The van der Waals surface area contributed by atoms with Crippen molar-refractivity contribution in [2.45, 2.75) is 0 Å². The number of anilines is 2. The molecule has 0 aliphatic rings. The molecule has 0 bridgehead atoms. The number of nitrogens with one attached hydrogen (secondary N) is 3. The molecule has 1 aromatic carbocycles. The average molecular weight is 271 g/mol. The van der Waals surface area contributed by atoms with E-state index in [2.05, 4.69) is 20.8 Å². The summed E-state index contributed by atoms with van der Waals surface area (Å²) in [6.07, 6.45) is 1.53. The number of carbonyl (C=O) groups excluding carboxylic acids is 1. The maximum atomic E-state index is 11.6. The fourth-order valence-electron chi connectivity index (χ4n) is 1.20. The Morgan fingerprint density at radius 2 is 2.06 bits per heavy atom. The molecule has 3 N–H and O–H groups in total. The SMILES string of the molecule is O=C(Nc1ccn[nH]1)Nc1cccc(Cl)c1Cl. The number of H-pyrrole nitrogens is 1. The van der Waals surface area contributed by atoms with Gasteiger partial charge < -0.3 is 5.32 Å². The molecule has 0 saturated carbocycles. The van der Waals surface area contributed by atoms with Gasteiger partial charge in [-0.25, -0.2) is 4.79 Å². The smallest absolute Gasteiger partial charge is 0.306 e. The molecule has 0 aliphatic carbocycles. The van der Waals surface area contributed by atoms with Crippen molar-refractivity contribution < 1.29 is 4.79 Å². The molecule has 2 amide bonds. The van der Waals surface area contributed by atoms with Gasteiger partial charge in [0.15, 0.2) is 0 Å². The fourth-order valence-corrected chi connectivity index (χ4v) is 1.55. The van der Waals surface area contributed by atoms with E-state index in [9.17, 15) is 4.79 Å². The standard InChI is InChI=1S/C10H8Cl2N4O/c11-6-2-1-3-7(9(6)12)14-10(17)15-8-4-5-13-16-8/h1-5H,(H3,13,14,15,16,17). The van der Waals surface area contributed by atoms with Crippen LogP contribution in [0.4, 0.5) is 16.3 Å². The maximum Gasteiger partial charge on any atom is 0.324 e. The van der Waals surface area contributed by atoms with Gasteiger partial charge >= 0.3 is 6.03 Å². The number of urea groups is 1. The van der Waals surface area contributed by atoms with E-state index in [4.69, 9.17) is 23.2 Å². The quantitative estimate of drug-likeness (QED) is 0.783. The predicted molar refractivity (Wildman–Crippen MR) is 67.7 cm³/mol. The van der Waals surface area contributed by atoms with E-state index < -0.39 is 6.03 Å². The summed E-state index contributed by atoms with van der Waals surface area (Å²) in [6.45, 7) is 0. The van der Waals surface area contributed by atoms with Crippen LogP contribution in [0, 0.1) is 0 Å². The summed E-state index contributed by atoms with van der Waals surface area (Å²) in [4.78, 5) is 11.6. The van der Waals surface area contributed by atoms with Crippen molar-refractivity contribution in [3.8, 4) is 0 Å². The largest absolute Gasteiger partial charge is 0.324 e. The van der Waals surface area contributed by atoms with Crippen LogP contribution in [0.2, 0.25) is 10.0 Å². The van der Waals surface area contributed by atoms with E-state index in [-0.39, 0.29) is 0 Å². The van der Waals surface area contributed by atoms with Crippen molar-refractivity contribution in [1.82, 2.24) is 10.2 Å². The van der Waals surface area contributed by atoms with E-state index in [0.717, 1.165) is 0 Å². The molecule has 5 nitrogen and oxygen atoms in total. The number of halogens is 2. The first-order chi connectivity index (χ1) is 8.16. The topological polar surface area (TPSA) is 69.8 Å². The summed E-state index contributed by atoms with van der Waals surface area (Å²) in [5, 5.41) is 12.1. The molecule has 1 aromatic heterocycles. The molecular weight excluding hydrogens is 263 g/mol. The molecule has 7 heteroatoms. The van der Waals surface area contributed by atoms with Crippen LogP contribution in [0.5, 0.6) is 0 Å². The zero-order valence-corrected chi connectivity index (χ0v) is 10.0. The second-order valence-corrected chi connectivity index (χ2v) is 3.94. The van der Waals surface area contributed by atoms with E-state index in [1.165, 1.54) is 6.20 Å². The van der Waals surface area contributed by atoms with Crippen LogP contribution in [0.3, 0.4) is 0 Å². The van der Waals surface area contributed by atoms with Crippen molar-refractivity contribution in [2.24, 2.45) is 0 Å². The summed E-state index contributed by atoms with van der Waals surface area (Å²) >= 11 is 11.7. The Kier molecular flexibility index (Phi) is 3.51. The van der Waals surface area contributed by atoms with Gasteiger partial charge in [0.25, 0.3) is 0 Å². The van der Waals surface area contributed by atoms with Crippen LogP contribution in [-0.2, 0) is 0 Å². The highest BCUT2D eigenvalue weighted by molar-refractivity contribution is 6.44. The third-order valence-corrected chi connectivity index (χ3v) is 2.77. The summed E-state index contributed by atoms with van der Waals surface area (Å²) in [5.74, 6) is 0.487. The van der Waals surface area contributed by atoms with Gasteiger partial charge in [-0.15, -0.1) is 0 Å². The third-order valence-electron chi connectivity index (χ3n) is 1.95. The van der Waals surface area contributed by atoms with Crippen molar-refractivity contribution in [3.63, 3.8) is 0 Å². The predicted octanol–water partition coefficient (Wildman–Crippen LogP) is 3.36. The lowest BCUT2D eigenvalue weighted by molar-refractivity contribution is 0.262. The second kappa shape index (κ2) is 5.07. The maximum absolute atomic E-state index is 11.6. The Morgan fingerprint density at radius 3 is 2.76 bits per heavy atom. The molecule has 0 aliphatic heterocycles. The Labute approximate surface area is 107 Å². The van der Waals surface area contributed by atoms with Gasteiger partial charge in [-0.1, -0.05) is 29.3 Å². The number of carbonyl (C=O) groups is 1. The third kappa shape index (κ3) is 2.89. The Morgan fingerprint density at radius 1 is 1.24 bits per heavy atom. The summed E-state index contributed by atoms with van der Waals surface area (Å²) in [7, 11) is 0. The Hall–Kier alpha value is -1.72. The van der Waals surface area contributed by atoms with Crippen LogP contribution in [0.15, 0.2) is 30.5 Å². The van der Waals surface area contributed by atoms with Crippen LogP contribution in [-0.4, -0.2) is 16.2 Å². The first-order valence-electron chi connectivity index (χ1n) is 4.68. The molecule has 0 unspecified atom stereocenters. The van der Waals surface area contributed by atoms with Gasteiger partial charge in [-0.3, -0.25) is 10.4 Å². The highest BCUT2D eigenvalue weighted by atomic mass is 35.5. The minimum atomic E-state index is -0.432. The lowest BCUT2D eigenvalue weighted by atomic mass is 10.3. The second-order valence-electron chi connectivity index (χ2n) is 3.15. The molecule has 2 aromatic rings. The fraction of sp³-hybridized carbons (Fsp3) is 0. The minimum Gasteiger partial charge on any atom is -0.306 e. The number of aromatic amines is 1. The Bertz CT molecular complexity index is 527. The normalized spacial score (nSPS) is 10.0. The zero-order chi connectivity index (χ0) is 12.3. The van der Waals surface area contributed by atoms with Crippen molar-refractivity contribution in [2.75, 3.05) is 10.6 Å². The summed E-state index contributed by atoms with van der Waals surface area (Å²) < 4.78 is 0. The molecule has 1 heterocycles. The number of rotatable bonds is 2. The first-order valence-corrected chi connectivity index (χ1v) is 5.44. The monoisotopic (exact) mass is 270 g/mol. The van der Waals surface area contributed by atoms with Crippen LogP contribution in [0.25, 0.3) is 0 Å². The lowest BCUT2D eigenvalue weighted by Crippen LogP contribution is -2.19. The van der Waals surface area contributed by atoms with Crippen LogP contribution >= 0.6 is 23.2 Å². The number of hydrogen-bond donors (Lipinski definition) is 3. The van der Waals surface area contributed by atoms with Crippen molar-refractivity contribution in [1.29, 1.82) is 0 Å². The van der Waals surface area contributed by atoms with E-state index in [0.29, 0.717) is 21.6 Å². The summed E-state index contributed by atoms with van der Waals surface area (Å²) in [5.41, 5.74) is 0.441. The molecule has 0 fully saturated rings. The average Bonchev–Trinajstić information content (AvgIpc) is 2.77. The van der Waals surface area contributed by atoms with Crippen molar-refractivity contribution >= 4 is 40.7 Å². The minimum absolute atomic E-state index is 0.300. The molecular formula is C10H8Cl2N4O. The van der Waals surface area contributed by atoms with Gasteiger partial charge in [0.1, 0.15) is 5.82 Å². The highest BCUT2D eigenvalue weighted by Gasteiger charge is 2.08. The molecule has 0 saturated heterocycles. The molecule has 0 atom stereocenters. The molecule has 2 rings (SSSR count). The van der Waals surface area contributed by atoms with E-state index >= 15 is 0 Å². The molecule has 0 radical (unpaired) electrons. The first kappa shape index (κ1) is 11.8. The van der Waals surface area contributed by atoms with Gasteiger partial charge in [-0.05, 0) is 12.1 Å². The van der Waals surface area contributed by atoms with Gasteiger partial charge in [0.05, 0.1) is 21.9 Å². The number of benzene rings is 1. The highest BCUT2D eigenvalue weighted by Crippen LogP contribution is 2.29. The van der Waals surface area contributed by atoms with E-state index in [1.807, 2.05) is 0 Å². The number of hydrogen-bond acceptors (Lipinski definition) is 2. The molecule has 17 heavy (non-hydrogen) atoms. The van der Waals surface area contributed by atoms with Gasteiger partial charge in [0.2, 0.25) is 0 Å². The van der Waals surface area contributed by atoms with E-state index in [1.54, 1.807) is 24.3 Å². The zero-order valence-electron chi connectivity index (χ0n) is 8.50. The van der Waals surface area contributed by atoms with Crippen LogP contribution < -0.4 is 10.6 Å². The number of amides is 2. The number of aromatic nitrogens is 2. The van der Waals surface area contributed by atoms with Crippen molar-refractivity contribution in [3.05, 3.63) is 40.5 Å².